The number of amides is 1. The molecule has 6 heavy (non-hydrogen) atoms. The topological polar surface area (TPSA) is 32.3 Å². The van der Waals surface area contributed by atoms with Crippen LogP contribution >= 0.6 is 0 Å². The van der Waals surface area contributed by atoms with Crippen molar-refractivity contribution in [3.63, 3.8) is 0 Å². The Balaban J connectivity index is 2.96. The first-order chi connectivity index (χ1) is 2.81. The molecule has 0 spiro atoms. The van der Waals surface area contributed by atoms with E-state index in [9.17, 15) is 4.79 Å². The predicted molar refractivity (Wildman–Crippen MR) is 22.5 cm³/mol. The van der Waals surface area contributed by atoms with Crippen molar-refractivity contribution < 1.29 is 4.79 Å². The van der Waals surface area contributed by atoms with Crippen molar-refractivity contribution in [2.75, 3.05) is 14.1 Å². The van der Waals surface area contributed by atoms with Gasteiger partial charge < -0.3 is 0 Å². The van der Waals surface area contributed by atoms with Crippen LogP contribution in [0.4, 0.5) is 0 Å². The zero-order valence-electron chi connectivity index (χ0n) is 3.86. The summed E-state index contributed by atoms with van der Waals surface area (Å²) in [6.07, 6.45) is 1.59. The summed E-state index contributed by atoms with van der Waals surface area (Å²) in [6.45, 7) is 0. The van der Waals surface area contributed by atoms with Gasteiger partial charge in [0, 0.05) is 14.1 Å². The number of hydrogen-bond donors (Lipinski definition) is 1. The predicted octanol–water partition coefficient (Wildman–Crippen LogP) is -0.880. The fourth-order valence-electron chi connectivity index (χ4n) is 0.0456. The number of nitrogens with one attached hydrogen (secondary N) is 1. The van der Waals surface area contributed by atoms with Crippen LogP contribution in [0.15, 0.2) is 0 Å². The van der Waals surface area contributed by atoms with Gasteiger partial charge in [0.05, 0.1) is 0 Å². The van der Waals surface area contributed by atoms with E-state index < -0.39 is 0 Å². The third-order valence-electron chi connectivity index (χ3n) is 0.472. The Kier molecular flexibility index (Phi) is 2.40. The lowest BCUT2D eigenvalue weighted by molar-refractivity contribution is 0.370. The van der Waals surface area contributed by atoms with Gasteiger partial charge in [-0.1, -0.05) is 0 Å². The van der Waals surface area contributed by atoms with Crippen molar-refractivity contribution in [1.29, 1.82) is 0 Å². The second-order valence-corrected chi connectivity index (χ2v) is 0.874. The Bertz CT molecular complexity index is 46.1. The van der Waals surface area contributed by atoms with Crippen LogP contribution in [0.2, 0.25) is 0 Å². The molecule has 0 aromatic carbocycles. The summed E-state index contributed by atoms with van der Waals surface area (Å²) in [5.41, 5.74) is 2.52. The minimum atomic E-state index is 1.19. The van der Waals surface area contributed by atoms with Crippen molar-refractivity contribution in [1.82, 2.24) is 10.4 Å². The van der Waals surface area contributed by atoms with Crippen molar-refractivity contribution in [3.05, 3.63) is 0 Å². The number of hydrogen-bond acceptors (Lipinski definition) is 2. The van der Waals surface area contributed by atoms with E-state index in [4.69, 9.17) is 0 Å². The lowest BCUT2D eigenvalue weighted by Gasteiger charge is -2.02. The Hall–Kier alpha value is -0.570. The van der Waals surface area contributed by atoms with Crippen LogP contribution < -0.4 is 5.43 Å². The number of nitrogens with zero attached hydrogens (tertiary/aromatic N) is 1. The van der Waals surface area contributed by atoms with Gasteiger partial charge >= 0.3 is 6.41 Å². The summed E-state index contributed by atoms with van der Waals surface area (Å²) in [7, 11) is 3.22. The summed E-state index contributed by atoms with van der Waals surface area (Å²) in [4.78, 5) is 9.47. The molecular formula is C3H7N2O. The Morgan fingerprint density at radius 3 is 2.33 bits per heavy atom. The molecule has 0 aliphatic carbocycles. The minimum Gasteiger partial charge on any atom is -0.273 e. The SMILES string of the molecule is CNN(C)[C]=O. The van der Waals surface area contributed by atoms with Gasteiger partial charge in [-0.05, 0) is 0 Å². The summed E-state index contributed by atoms with van der Waals surface area (Å²) >= 11 is 0. The first-order valence-corrected chi connectivity index (χ1v) is 1.60. The summed E-state index contributed by atoms with van der Waals surface area (Å²) in [5.74, 6) is 0. The van der Waals surface area contributed by atoms with Crippen molar-refractivity contribution in [3.8, 4) is 0 Å². The molecule has 1 N–H and O–H groups in total. The van der Waals surface area contributed by atoms with Gasteiger partial charge in [0.1, 0.15) is 0 Å². The standard InChI is InChI=1S/C3H7N2O/c1-4-5(2)3-6/h4H,1-2H3. The molecule has 0 rings (SSSR count). The van der Waals surface area contributed by atoms with Gasteiger partial charge in [0.2, 0.25) is 0 Å². The van der Waals surface area contributed by atoms with E-state index in [1.165, 1.54) is 5.01 Å². The molecule has 0 bridgehead atoms. The number of carbonyl (C=O) groups excluding carboxylic acids is 1. The van der Waals surface area contributed by atoms with Crippen LogP contribution in [0.1, 0.15) is 0 Å². The van der Waals surface area contributed by atoms with Gasteiger partial charge in [-0.25, -0.2) is 5.43 Å². The minimum absolute atomic E-state index is 1.19. The molecule has 0 aliphatic rings. The van der Waals surface area contributed by atoms with E-state index in [0.717, 1.165) is 0 Å². The molecule has 3 nitrogen and oxygen atoms in total. The van der Waals surface area contributed by atoms with Crippen LogP contribution in [0.5, 0.6) is 0 Å². The first-order valence-electron chi connectivity index (χ1n) is 1.60. The highest BCUT2D eigenvalue weighted by molar-refractivity contribution is 5.46. The molecule has 0 unspecified atom stereocenters. The fraction of sp³-hybridized carbons (Fsp3) is 0.667. The molecule has 0 saturated heterocycles. The molecule has 0 aromatic rings. The van der Waals surface area contributed by atoms with Crippen molar-refractivity contribution in [2.24, 2.45) is 0 Å². The first kappa shape index (κ1) is 5.43. The number of hydrazine groups is 1. The molecular weight excluding hydrogens is 80.0 g/mol. The highest BCUT2D eigenvalue weighted by atomic mass is 16.1. The monoisotopic (exact) mass is 87.1 g/mol. The fourth-order valence-corrected chi connectivity index (χ4v) is 0.0456. The van der Waals surface area contributed by atoms with Crippen LogP contribution in [0, 0.1) is 0 Å². The average Bonchev–Trinajstić information content (AvgIpc) is 1.65. The maximum Gasteiger partial charge on any atom is 0.327 e. The third kappa shape index (κ3) is 1.72. The van der Waals surface area contributed by atoms with Crippen LogP contribution in [-0.4, -0.2) is 25.5 Å². The molecule has 0 aromatic heterocycles. The van der Waals surface area contributed by atoms with Gasteiger partial charge in [-0.15, -0.1) is 0 Å². The van der Waals surface area contributed by atoms with Gasteiger partial charge in [0.25, 0.3) is 0 Å². The molecule has 0 heterocycles. The highest BCUT2D eigenvalue weighted by Crippen LogP contribution is 1.53. The maximum absolute atomic E-state index is 9.47. The molecule has 0 atom stereocenters. The molecule has 0 saturated carbocycles. The zero-order valence-corrected chi connectivity index (χ0v) is 3.86. The van der Waals surface area contributed by atoms with E-state index in [-0.39, 0.29) is 0 Å². The largest absolute Gasteiger partial charge is 0.327 e. The summed E-state index contributed by atoms with van der Waals surface area (Å²) < 4.78 is 0. The van der Waals surface area contributed by atoms with Crippen LogP contribution in [-0.2, 0) is 4.79 Å². The molecule has 0 fully saturated rings. The molecule has 35 valence electrons. The Morgan fingerprint density at radius 1 is 1.83 bits per heavy atom. The van der Waals surface area contributed by atoms with E-state index >= 15 is 0 Å². The van der Waals surface area contributed by atoms with Crippen molar-refractivity contribution in [2.45, 2.75) is 0 Å². The molecule has 3 heteroatoms. The maximum atomic E-state index is 9.47. The Morgan fingerprint density at radius 2 is 2.33 bits per heavy atom. The average molecular weight is 87.1 g/mol. The second kappa shape index (κ2) is 2.66. The van der Waals surface area contributed by atoms with Gasteiger partial charge in [-0.2, -0.15) is 0 Å². The summed E-state index contributed by atoms with van der Waals surface area (Å²) in [6, 6.07) is 0. The van der Waals surface area contributed by atoms with Crippen LogP contribution in [0.3, 0.4) is 0 Å². The third-order valence-corrected chi connectivity index (χ3v) is 0.472. The van der Waals surface area contributed by atoms with E-state index in [1.807, 2.05) is 0 Å². The Labute approximate surface area is 36.9 Å². The molecule has 1 radical (unpaired) electrons. The van der Waals surface area contributed by atoms with E-state index in [2.05, 4.69) is 5.43 Å². The van der Waals surface area contributed by atoms with Gasteiger partial charge in [0.15, 0.2) is 0 Å². The molecule has 0 aliphatic heterocycles. The summed E-state index contributed by atoms with van der Waals surface area (Å²) in [5, 5.41) is 1.19. The van der Waals surface area contributed by atoms with E-state index in [1.54, 1.807) is 20.5 Å². The second-order valence-electron chi connectivity index (χ2n) is 0.874. The van der Waals surface area contributed by atoms with E-state index in [0.29, 0.717) is 0 Å². The lowest BCUT2D eigenvalue weighted by Crippen LogP contribution is -2.28. The quantitative estimate of drug-likeness (QED) is 0.350. The normalized spacial score (nSPS) is 7.67. The van der Waals surface area contributed by atoms with Crippen molar-refractivity contribution >= 4 is 6.41 Å². The van der Waals surface area contributed by atoms with Gasteiger partial charge in [-0.3, -0.25) is 9.80 Å². The zero-order chi connectivity index (χ0) is 4.99. The molecule has 1 amide bonds. The smallest absolute Gasteiger partial charge is 0.273 e. The van der Waals surface area contributed by atoms with Crippen LogP contribution in [0.25, 0.3) is 0 Å². The number of rotatable bonds is 2. The lowest BCUT2D eigenvalue weighted by atomic mass is 11.1. The highest BCUT2D eigenvalue weighted by Gasteiger charge is 1.79.